The van der Waals surface area contributed by atoms with Gasteiger partial charge in [-0.1, -0.05) is 6.92 Å². The van der Waals surface area contributed by atoms with E-state index < -0.39 is 29.2 Å². The standard InChI is InChI=1S/C23H39N3O7/c1-8-11-16-14-19(26-33-16)31-15-18(27)17(25-20(28)23(5,6)30-7)12-9-10-13-24-21(29)32-22(2,3)4/h14,17H,8-13,15H2,1-7H3,(H,24,29)(H,25,28)/t17-/m0/s1. The first kappa shape index (κ1) is 28.4. The Morgan fingerprint density at radius 1 is 1.15 bits per heavy atom. The van der Waals surface area contributed by atoms with Crippen molar-refractivity contribution in [3.63, 3.8) is 0 Å². The fraction of sp³-hybridized carbons (Fsp3) is 0.739. The van der Waals surface area contributed by atoms with Crippen LogP contribution >= 0.6 is 0 Å². The molecule has 0 spiro atoms. The molecule has 188 valence electrons. The first-order chi connectivity index (χ1) is 15.4. The lowest BCUT2D eigenvalue weighted by molar-refractivity contribution is -0.142. The number of hydrogen-bond donors (Lipinski definition) is 2. The van der Waals surface area contributed by atoms with E-state index in [0.29, 0.717) is 31.6 Å². The monoisotopic (exact) mass is 469 g/mol. The van der Waals surface area contributed by atoms with Gasteiger partial charge >= 0.3 is 6.09 Å². The number of carbonyl (C=O) groups excluding carboxylic acids is 3. The molecule has 0 aromatic carbocycles. The lowest BCUT2D eigenvalue weighted by Gasteiger charge is -2.25. The van der Waals surface area contributed by atoms with Gasteiger partial charge in [0.2, 0.25) is 0 Å². The molecule has 0 aliphatic heterocycles. The molecule has 0 saturated carbocycles. The Hall–Kier alpha value is -2.62. The number of aromatic nitrogens is 1. The lowest BCUT2D eigenvalue weighted by Crippen LogP contribution is -2.51. The zero-order chi connectivity index (χ0) is 25.1. The van der Waals surface area contributed by atoms with Crippen LogP contribution < -0.4 is 15.4 Å². The van der Waals surface area contributed by atoms with Crippen LogP contribution in [0, 0.1) is 0 Å². The molecule has 1 aromatic rings. The van der Waals surface area contributed by atoms with Gasteiger partial charge < -0.3 is 29.4 Å². The number of carbonyl (C=O) groups is 3. The van der Waals surface area contributed by atoms with Gasteiger partial charge in [0, 0.05) is 26.1 Å². The first-order valence-corrected chi connectivity index (χ1v) is 11.3. The maximum atomic E-state index is 12.8. The summed E-state index contributed by atoms with van der Waals surface area (Å²) >= 11 is 0. The first-order valence-electron chi connectivity index (χ1n) is 11.3. The predicted octanol–water partition coefficient (Wildman–Crippen LogP) is 3.18. The van der Waals surface area contributed by atoms with E-state index in [4.69, 9.17) is 18.7 Å². The molecule has 1 aromatic heterocycles. The summed E-state index contributed by atoms with van der Waals surface area (Å²) < 4.78 is 21.0. The fourth-order valence-electron chi connectivity index (χ4n) is 2.69. The van der Waals surface area contributed by atoms with Crippen molar-refractivity contribution < 1.29 is 33.1 Å². The third kappa shape index (κ3) is 11.2. The van der Waals surface area contributed by atoms with Crippen molar-refractivity contribution in [2.45, 2.75) is 90.9 Å². The summed E-state index contributed by atoms with van der Waals surface area (Å²) in [6.07, 6.45) is 2.71. The van der Waals surface area contributed by atoms with Crippen molar-refractivity contribution >= 4 is 17.8 Å². The molecule has 10 nitrogen and oxygen atoms in total. The normalized spacial score (nSPS) is 12.7. The molecule has 33 heavy (non-hydrogen) atoms. The second kappa shape index (κ2) is 13.2. The highest BCUT2D eigenvalue weighted by Crippen LogP contribution is 2.14. The molecular formula is C23H39N3O7. The largest absolute Gasteiger partial charge is 0.467 e. The number of methoxy groups -OCH3 is 1. The van der Waals surface area contributed by atoms with Crippen molar-refractivity contribution in [3.8, 4) is 5.88 Å². The van der Waals surface area contributed by atoms with Gasteiger partial charge in [-0.15, -0.1) is 0 Å². The van der Waals surface area contributed by atoms with E-state index >= 15 is 0 Å². The summed E-state index contributed by atoms with van der Waals surface area (Å²) in [7, 11) is 1.43. The summed E-state index contributed by atoms with van der Waals surface area (Å²) in [4.78, 5) is 37.1. The van der Waals surface area contributed by atoms with Gasteiger partial charge in [-0.3, -0.25) is 9.59 Å². The molecule has 2 N–H and O–H groups in total. The van der Waals surface area contributed by atoms with Crippen LogP contribution in [-0.2, 0) is 25.5 Å². The number of Topliss-reactive ketones (excluding diaryl/α,β-unsaturated/α-hetero) is 1. The van der Waals surface area contributed by atoms with Crippen LogP contribution in [0.4, 0.5) is 4.79 Å². The number of nitrogens with one attached hydrogen (secondary N) is 2. The minimum Gasteiger partial charge on any atom is -0.467 e. The molecule has 2 amide bonds. The van der Waals surface area contributed by atoms with Gasteiger partial charge in [-0.05, 0) is 65.5 Å². The van der Waals surface area contributed by atoms with E-state index in [1.165, 1.54) is 7.11 Å². The Morgan fingerprint density at radius 3 is 2.45 bits per heavy atom. The van der Waals surface area contributed by atoms with E-state index in [2.05, 4.69) is 15.8 Å². The summed E-state index contributed by atoms with van der Waals surface area (Å²) in [6.45, 7) is 10.8. The van der Waals surface area contributed by atoms with Crippen LogP contribution in [0.2, 0.25) is 0 Å². The quantitative estimate of drug-likeness (QED) is 0.398. The zero-order valence-corrected chi connectivity index (χ0v) is 20.9. The molecule has 0 aliphatic rings. The molecule has 0 aliphatic carbocycles. The second-order valence-corrected chi connectivity index (χ2v) is 9.30. The smallest absolute Gasteiger partial charge is 0.407 e. The van der Waals surface area contributed by atoms with Crippen LogP contribution in [0.5, 0.6) is 5.88 Å². The third-order valence-corrected chi connectivity index (χ3v) is 4.73. The van der Waals surface area contributed by atoms with Gasteiger partial charge in [-0.25, -0.2) is 4.79 Å². The predicted molar refractivity (Wildman–Crippen MR) is 122 cm³/mol. The van der Waals surface area contributed by atoms with Crippen molar-refractivity contribution in [1.82, 2.24) is 15.8 Å². The van der Waals surface area contributed by atoms with E-state index in [0.717, 1.165) is 12.8 Å². The van der Waals surface area contributed by atoms with Crippen molar-refractivity contribution in [3.05, 3.63) is 11.8 Å². The van der Waals surface area contributed by atoms with Gasteiger partial charge in [0.15, 0.2) is 12.4 Å². The van der Waals surface area contributed by atoms with Gasteiger partial charge in [-0.2, -0.15) is 0 Å². The molecule has 1 rings (SSSR count). The number of unbranched alkanes of at least 4 members (excludes halogenated alkanes) is 1. The number of hydrogen-bond acceptors (Lipinski definition) is 8. The van der Waals surface area contributed by atoms with Crippen LogP contribution in [0.15, 0.2) is 10.6 Å². The SMILES string of the molecule is CCCc1cc(OCC(=O)[C@H](CCCCNC(=O)OC(C)(C)C)NC(=O)C(C)(C)OC)no1. The maximum absolute atomic E-state index is 12.8. The molecule has 0 saturated heterocycles. The average molecular weight is 470 g/mol. The molecular weight excluding hydrogens is 430 g/mol. The minimum atomic E-state index is -1.08. The molecule has 0 bridgehead atoms. The highest BCUT2D eigenvalue weighted by Gasteiger charge is 2.31. The van der Waals surface area contributed by atoms with E-state index in [1.54, 1.807) is 40.7 Å². The molecule has 10 heteroatoms. The number of aryl methyl sites for hydroxylation is 1. The fourth-order valence-corrected chi connectivity index (χ4v) is 2.69. The Balaban J connectivity index is 2.61. The summed E-state index contributed by atoms with van der Waals surface area (Å²) in [5.41, 5.74) is -1.65. The Labute approximate surface area is 196 Å². The van der Waals surface area contributed by atoms with Crippen LogP contribution in [0.3, 0.4) is 0 Å². The molecule has 0 radical (unpaired) electrons. The summed E-state index contributed by atoms with van der Waals surface area (Å²) in [5.74, 6) is 0.220. The van der Waals surface area contributed by atoms with E-state index in [1.807, 2.05) is 6.92 Å². The number of nitrogens with zero attached hydrogens (tertiary/aromatic N) is 1. The van der Waals surface area contributed by atoms with Crippen LogP contribution in [0.1, 0.15) is 73.0 Å². The van der Waals surface area contributed by atoms with Gasteiger partial charge in [0.1, 0.15) is 17.0 Å². The summed E-state index contributed by atoms with van der Waals surface area (Å²) in [6, 6.07) is 0.885. The number of ether oxygens (including phenoxy) is 3. The topological polar surface area (TPSA) is 129 Å². The van der Waals surface area contributed by atoms with E-state index in [-0.39, 0.29) is 18.3 Å². The Bertz CT molecular complexity index is 768. The number of amides is 2. The second-order valence-electron chi connectivity index (χ2n) is 9.30. The van der Waals surface area contributed by atoms with Crippen molar-refractivity contribution in [2.75, 3.05) is 20.3 Å². The summed E-state index contributed by atoms with van der Waals surface area (Å²) in [5, 5.41) is 9.23. The lowest BCUT2D eigenvalue weighted by atomic mass is 10.0. The highest BCUT2D eigenvalue weighted by atomic mass is 16.6. The third-order valence-electron chi connectivity index (χ3n) is 4.73. The van der Waals surface area contributed by atoms with Gasteiger partial charge in [0.05, 0.1) is 6.04 Å². The molecule has 0 fully saturated rings. The number of rotatable bonds is 14. The van der Waals surface area contributed by atoms with Gasteiger partial charge in [0.25, 0.3) is 11.8 Å². The zero-order valence-electron chi connectivity index (χ0n) is 20.9. The molecule has 0 unspecified atom stereocenters. The Morgan fingerprint density at radius 2 is 1.85 bits per heavy atom. The van der Waals surface area contributed by atoms with Crippen molar-refractivity contribution in [1.29, 1.82) is 0 Å². The molecule has 1 heterocycles. The minimum absolute atomic E-state index is 0.232. The average Bonchev–Trinajstić information content (AvgIpc) is 3.17. The molecule has 1 atom stereocenters. The number of ketones is 1. The van der Waals surface area contributed by atoms with E-state index in [9.17, 15) is 14.4 Å². The van der Waals surface area contributed by atoms with Crippen LogP contribution in [-0.4, -0.2) is 60.4 Å². The maximum Gasteiger partial charge on any atom is 0.407 e. The van der Waals surface area contributed by atoms with Crippen LogP contribution in [0.25, 0.3) is 0 Å². The highest BCUT2D eigenvalue weighted by molar-refractivity contribution is 5.92. The Kier molecular flexibility index (Phi) is 11.3. The van der Waals surface area contributed by atoms with Crippen molar-refractivity contribution in [2.24, 2.45) is 0 Å². The number of alkyl carbamates (subject to hydrolysis) is 1.